The zero-order valence-corrected chi connectivity index (χ0v) is 12.5. The van der Waals surface area contributed by atoms with Gasteiger partial charge in [-0.05, 0) is 55.0 Å². The molecule has 2 nitrogen and oxygen atoms in total. The lowest BCUT2D eigenvalue weighted by Crippen LogP contribution is -2.18. The minimum Gasteiger partial charge on any atom is -0.380 e. The molecule has 20 heavy (non-hydrogen) atoms. The molecule has 0 spiro atoms. The summed E-state index contributed by atoms with van der Waals surface area (Å²) in [5.74, 6) is -0.125. The van der Waals surface area contributed by atoms with Gasteiger partial charge in [0, 0.05) is 30.2 Å². The number of nitrogens with zero attached hydrogens (tertiary/aromatic N) is 1. The molecule has 4 heteroatoms. The number of thiophene rings is 1. The lowest BCUT2D eigenvalue weighted by molar-refractivity contribution is 0.623. The highest BCUT2D eigenvalue weighted by Gasteiger charge is 2.16. The van der Waals surface area contributed by atoms with E-state index in [9.17, 15) is 4.39 Å². The van der Waals surface area contributed by atoms with Crippen LogP contribution < -0.4 is 10.2 Å². The first-order chi connectivity index (χ1) is 9.74. The summed E-state index contributed by atoms with van der Waals surface area (Å²) in [6.07, 6.45) is 2.33. The lowest BCUT2D eigenvalue weighted by Gasteiger charge is -2.19. The number of hydrogen-bond acceptors (Lipinski definition) is 3. The molecular weight excluding hydrogens is 271 g/mol. The number of anilines is 2. The second kappa shape index (κ2) is 5.83. The third-order valence-corrected chi connectivity index (χ3v) is 4.84. The molecule has 1 aliphatic heterocycles. The molecule has 0 saturated carbocycles. The molecule has 0 radical (unpaired) electrons. The van der Waals surface area contributed by atoms with E-state index in [0.29, 0.717) is 0 Å². The molecule has 0 unspecified atom stereocenters. The average molecular weight is 290 g/mol. The molecule has 0 amide bonds. The number of hydrogen-bond donors (Lipinski definition) is 1. The van der Waals surface area contributed by atoms with E-state index in [1.807, 2.05) is 12.1 Å². The van der Waals surface area contributed by atoms with Crippen LogP contribution in [0, 0.1) is 12.7 Å². The summed E-state index contributed by atoms with van der Waals surface area (Å²) >= 11 is 1.73. The van der Waals surface area contributed by atoms with Gasteiger partial charge in [-0.15, -0.1) is 11.3 Å². The van der Waals surface area contributed by atoms with E-state index in [2.05, 4.69) is 28.6 Å². The van der Waals surface area contributed by atoms with Crippen molar-refractivity contribution in [2.24, 2.45) is 0 Å². The maximum atomic E-state index is 14.2. The quantitative estimate of drug-likeness (QED) is 0.897. The van der Waals surface area contributed by atoms with Gasteiger partial charge in [0.05, 0.1) is 5.69 Å². The number of nitrogens with one attached hydrogen (secondary N) is 1. The SMILES string of the molecule is Cc1ccsc1CNc1ccc(N2CCCC2)c(F)c1. The van der Waals surface area contributed by atoms with Gasteiger partial charge in [0.2, 0.25) is 0 Å². The van der Waals surface area contributed by atoms with Crippen molar-refractivity contribution >= 4 is 22.7 Å². The molecule has 1 aromatic heterocycles. The van der Waals surface area contributed by atoms with Crippen LogP contribution in [0.15, 0.2) is 29.6 Å². The van der Waals surface area contributed by atoms with E-state index in [-0.39, 0.29) is 5.82 Å². The third kappa shape index (κ3) is 2.80. The number of halogens is 1. The van der Waals surface area contributed by atoms with Gasteiger partial charge in [-0.2, -0.15) is 0 Å². The summed E-state index contributed by atoms with van der Waals surface area (Å²) in [6.45, 7) is 4.80. The summed E-state index contributed by atoms with van der Waals surface area (Å²) in [6, 6.07) is 7.58. The van der Waals surface area contributed by atoms with Crippen molar-refractivity contribution in [1.82, 2.24) is 0 Å². The maximum Gasteiger partial charge on any atom is 0.148 e. The molecule has 0 bridgehead atoms. The highest BCUT2D eigenvalue weighted by Crippen LogP contribution is 2.26. The first kappa shape index (κ1) is 13.4. The predicted octanol–water partition coefficient (Wildman–Crippen LogP) is 4.41. The van der Waals surface area contributed by atoms with Crippen LogP contribution in [0.3, 0.4) is 0 Å². The van der Waals surface area contributed by atoms with Crippen molar-refractivity contribution in [1.29, 1.82) is 0 Å². The molecule has 1 fully saturated rings. The molecule has 1 aromatic carbocycles. The molecule has 1 N–H and O–H groups in total. The molecule has 0 aliphatic carbocycles. The summed E-state index contributed by atoms with van der Waals surface area (Å²) in [5, 5.41) is 5.39. The Kier molecular flexibility index (Phi) is 3.92. The largest absolute Gasteiger partial charge is 0.380 e. The van der Waals surface area contributed by atoms with Gasteiger partial charge >= 0.3 is 0 Å². The Labute approximate surface area is 123 Å². The van der Waals surface area contributed by atoms with Crippen LogP contribution in [0.1, 0.15) is 23.3 Å². The molecule has 1 aliphatic rings. The summed E-state index contributed by atoms with van der Waals surface area (Å²) in [7, 11) is 0. The van der Waals surface area contributed by atoms with Gasteiger partial charge in [-0.1, -0.05) is 0 Å². The van der Waals surface area contributed by atoms with E-state index in [1.54, 1.807) is 17.4 Å². The van der Waals surface area contributed by atoms with Crippen molar-refractivity contribution in [2.45, 2.75) is 26.3 Å². The van der Waals surface area contributed by atoms with Crippen molar-refractivity contribution in [3.05, 3.63) is 45.9 Å². The third-order valence-electron chi connectivity index (χ3n) is 3.82. The van der Waals surface area contributed by atoms with Crippen LogP contribution in [-0.2, 0) is 6.54 Å². The standard InChI is InChI=1S/C16H19FN2S/c1-12-6-9-20-16(12)11-18-13-4-5-15(14(17)10-13)19-7-2-3-8-19/h4-6,9-10,18H,2-3,7-8,11H2,1H3. The van der Waals surface area contributed by atoms with Crippen molar-refractivity contribution < 1.29 is 4.39 Å². The predicted molar refractivity (Wildman–Crippen MR) is 84.2 cm³/mol. The summed E-state index contributed by atoms with van der Waals surface area (Å²) in [5.41, 5.74) is 2.87. The van der Waals surface area contributed by atoms with Gasteiger partial charge in [0.25, 0.3) is 0 Å². The number of rotatable bonds is 4. The van der Waals surface area contributed by atoms with Gasteiger partial charge < -0.3 is 10.2 Å². The second-order valence-corrected chi connectivity index (χ2v) is 6.24. The van der Waals surface area contributed by atoms with Gasteiger partial charge in [0.15, 0.2) is 0 Å². The zero-order valence-electron chi connectivity index (χ0n) is 11.7. The molecule has 1 saturated heterocycles. The fraction of sp³-hybridized carbons (Fsp3) is 0.375. The van der Waals surface area contributed by atoms with E-state index in [0.717, 1.165) is 43.9 Å². The van der Waals surface area contributed by atoms with Crippen molar-refractivity contribution in [3.8, 4) is 0 Å². The molecule has 2 heterocycles. The highest BCUT2D eigenvalue weighted by atomic mass is 32.1. The molecule has 2 aromatic rings. The Morgan fingerprint density at radius 1 is 1.25 bits per heavy atom. The minimum absolute atomic E-state index is 0.125. The lowest BCUT2D eigenvalue weighted by atomic mass is 10.2. The molecular formula is C16H19FN2S. The van der Waals surface area contributed by atoms with Gasteiger partial charge in [0.1, 0.15) is 5.82 Å². The second-order valence-electron chi connectivity index (χ2n) is 5.24. The van der Waals surface area contributed by atoms with E-state index < -0.39 is 0 Å². The number of benzene rings is 1. The van der Waals surface area contributed by atoms with Crippen LogP contribution in [0.25, 0.3) is 0 Å². The molecule has 106 valence electrons. The summed E-state index contributed by atoms with van der Waals surface area (Å²) in [4.78, 5) is 3.43. The number of aryl methyl sites for hydroxylation is 1. The topological polar surface area (TPSA) is 15.3 Å². The Bertz CT molecular complexity index is 588. The van der Waals surface area contributed by atoms with Crippen LogP contribution in [0.4, 0.5) is 15.8 Å². The first-order valence-corrected chi connectivity index (χ1v) is 7.93. The Morgan fingerprint density at radius 2 is 2.05 bits per heavy atom. The van der Waals surface area contributed by atoms with E-state index in [1.165, 1.54) is 10.4 Å². The van der Waals surface area contributed by atoms with Crippen LogP contribution in [0.2, 0.25) is 0 Å². The van der Waals surface area contributed by atoms with Crippen LogP contribution in [0.5, 0.6) is 0 Å². The van der Waals surface area contributed by atoms with Gasteiger partial charge in [-0.3, -0.25) is 0 Å². The Balaban J connectivity index is 1.69. The van der Waals surface area contributed by atoms with Crippen molar-refractivity contribution in [2.75, 3.05) is 23.3 Å². The van der Waals surface area contributed by atoms with Crippen molar-refractivity contribution in [3.63, 3.8) is 0 Å². The zero-order chi connectivity index (χ0) is 13.9. The molecule has 3 rings (SSSR count). The Morgan fingerprint density at radius 3 is 2.70 bits per heavy atom. The Hall–Kier alpha value is -1.55. The van der Waals surface area contributed by atoms with Crippen LogP contribution in [-0.4, -0.2) is 13.1 Å². The highest BCUT2D eigenvalue weighted by molar-refractivity contribution is 7.10. The smallest absolute Gasteiger partial charge is 0.148 e. The fourth-order valence-corrected chi connectivity index (χ4v) is 3.44. The van der Waals surface area contributed by atoms with Gasteiger partial charge in [-0.25, -0.2) is 4.39 Å². The minimum atomic E-state index is -0.125. The average Bonchev–Trinajstić information content (AvgIpc) is 3.08. The van der Waals surface area contributed by atoms with E-state index >= 15 is 0 Å². The van der Waals surface area contributed by atoms with Crippen LogP contribution >= 0.6 is 11.3 Å². The monoisotopic (exact) mass is 290 g/mol. The first-order valence-electron chi connectivity index (χ1n) is 7.05. The fourth-order valence-electron chi connectivity index (χ4n) is 2.60. The normalized spacial score (nSPS) is 14.8. The molecule has 0 atom stereocenters. The summed E-state index contributed by atoms with van der Waals surface area (Å²) < 4.78 is 14.2. The van der Waals surface area contributed by atoms with E-state index in [4.69, 9.17) is 0 Å². The maximum absolute atomic E-state index is 14.2.